The van der Waals surface area contributed by atoms with Gasteiger partial charge in [0.15, 0.2) is 0 Å². The van der Waals surface area contributed by atoms with Crippen molar-refractivity contribution in [2.45, 2.75) is 39.5 Å². The highest BCUT2D eigenvalue weighted by Crippen LogP contribution is 2.23. The summed E-state index contributed by atoms with van der Waals surface area (Å²) in [7, 11) is 0. The summed E-state index contributed by atoms with van der Waals surface area (Å²) in [6.45, 7) is 11.2. The molecule has 0 aromatic heterocycles. The number of alkyl halides is 1. The molecule has 2 heteroatoms. The van der Waals surface area contributed by atoms with E-state index in [1.807, 2.05) is 13.8 Å². The summed E-state index contributed by atoms with van der Waals surface area (Å²) in [5.41, 5.74) is 5.09. The van der Waals surface area contributed by atoms with Crippen LogP contribution in [-0.2, 0) is 0 Å². The molecule has 0 aliphatic heterocycles. The Kier molecular flexibility index (Phi) is 3.67. The van der Waals surface area contributed by atoms with Crippen molar-refractivity contribution < 1.29 is 0 Å². The zero-order chi connectivity index (χ0) is 11.6. The van der Waals surface area contributed by atoms with Crippen molar-refractivity contribution in [3.63, 3.8) is 0 Å². The van der Waals surface area contributed by atoms with Crippen LogP contribution >= 0.6 is 11.6 Å². The summed E-state index contributed by atoms with van der Waals surface area (Å²) in [4.78, 5) is -0.205. The van der Waals surface area contributed by atoms with Crippen molar-refractivity contribution >= 4 is 17.3 Å². The molecule has 0 saturated heterocycles. The average Bonchev–Trinajstić information content (AvgIpc) is 1.99. The van der Waals surface area contributed by atoms with E-state index in [0.717, 1.165) is 6.54 Å². The molecule has 0 bridgehead atoms. The summed E-state index contributed by atoms with van der Waals surface area (Å²) >= 11 is 6.16. The van der Waals surface area contributed by atoms with Gasteiger partial charge >= 0.3 is 0 Å². The standard InChI is InChI=1S/C13H20ClN/c1-9-6-10(2)12(11(3)7-9)15-8-13(4,5)14/h6-7,15H,8H2,1-5H3. The molecule has 1 nitrogen and oxygen atoms in total. The molecule has 0 unspecified atom stereocenters. The predicted molar refractivity (Wildman–Crippen MR) is 69.1 cm³/mol. The molecular weight excluding hydrogens is 206 g/mol. The Hall–Kier alpha value is -0.690. The van der Waals surface area contributed by atoms with Crippen LogP contribution in [0.3, 0.4) is 0 Å². The van der Waals surface area contributed by atoms with Crippen LogP contribution in [-0.4, -0.2) is 11.4 Å². The molecule has 1 N–H and O–H groups in total. The normalized spacial score (nSPS) is 11.6. The van der Waals surface area contributed by atoms with Gasteiger partial charge in [0, 0.05) is 12.2 Å². The van der Waals surface area contributed by atoms with Crippen LogP contribution < -0.4 is 5.32 Å². The minimum Gasteiger partial charge on any atom is -0.383 e. The van der Waals surface area contributed by atoms with E-state index in [9.17, 15) is 0 Å². The van der Waals surface area contributed by atoms with Crippen molar-refractivity contribution in [2.24, 2.45) is 0 Å². The highest BCUT2D eigenvalue weighted by Gasteiger charge is 2.13. The van der Waals surface area contributed by atoms with E-state index in [1.165, 1.54) is 22.4 Å². The molecule has 15 heavy (non-hydrogen) atoms. The third-order valence-corrected chi connectivity index (χ3v) is 2.50. The van der Waals surface area contributed by atoms with E-state index in [4.69, 9.17) is 11.6 Å². The summed E-state index contributed by atoms with van der Waals surface area (Å²) in [5.74, 6) is 0. The Morgan fingerprint density at radius 3 is 2.00 bits per heavy atom. The first-order valence-electron chi connectivity index (χ1n) is 5.30. The second-order valence-electron chi connectivity index (χ2n) is 4.85. The monoisotopic (exact) mass is 225 g/mol. The minimum atomic E-state index is -0.205. The molecule has 0 saturated carbocycles. The van der Waals surface area contributed by atoms with Crippen LogP contribution in [0.5, 0.6) is 0 Å². The maximum absolute atomic E-state index is 6.16. The fourth-order valence-electron chi connectivity index (χ4n) is 1.76. The van der Waals surface area contributed by atoms with Crippen LogP contribution in [0, 0.1) is 20.8 Å². The zero-order valence-electron chi connectivity index (χ0n) is 10.2. The SMILES string of the molecule is Cc1cc(C)c(NCC(C)(C)Cl)c(C)c1. The molecule has 1 aromatic rings. The number of halogens is 1. The Labute approximate surface area is 97.8 Å². The first-order chi connectivity index (χ1) is 6.79. The summed E-state index contributed by atoms with van der Waals surface area (Å²) in [5, 5.41) is 3.42. The van der Waals surface area contributed by atoms with Crippen molar-refractivity contribution in [3.05, 3.63) is 28.8 Å². The first-order valence-corrected chi connectivity index (χ1v) is 5.68. The van der Waals surface area contributed by atoms with Gasteiger partial charge in [-0.25, -0.2) is 0 Å². The van der Waals surface area contributed by atoms with Gasteiger partial charge in [0.25, 0.3) is 0 Å². The number of rotatable bonds is 3. The fourth-order valence-corrected chi connectivity index (χ4v) is 1.82. The highest BCUT2D eigenvalue weighted by atomic mass is 35.5. The average molecular weight is 226 g/mol. The molecular formula is C13H20ClN. The number of aryl methyl sites for hydroxylation is 3. The molecule has 0 atom stereocenters. The number of benzene rings is 1. The highest BCUT2D eigenvalue weighted by molar-refractivity contribution is 6.23. The number of hydrogen-bond donors (Lipinski definition) is 1. The maximum atomic E-state index is 6.16. The van der Waals surface area contributed by atoms with Gasteiger partial charge in [-0.2, -0.15) is 0 Å². The zero-order valence-corrected chi connectivity index (χ0v) is 11.0. The Morgan fingerprint density at radius 2 is 1.60 bits per heavy atom. The third kappa shape index (κ3) is 3.75. The summed E-state index contributed by atoms with van der Waals surface area (Å²) < 4.78 is 0. The molecule has 0 aliphatic carbocycles. The second kappa shape index (κ2) is 4.44. The van der Waals surface area contributed by atoms with E-state index >= 15 is 0 Å². The molecule has 1 rings (SSSR count). The van der Waals surface area contributed by atoms with Gasteiger partial charge in [-0.1, -0.05) is 17.7 Å². The Balaban J connectivity index is 2.86. The van der Waals surface area contributed by atoms with E-state index in [1.54, 1.807) is 0 Å². The quantitative estimate of drug-likeness (QED) is 0.766. The van der Waals surface area contributed by atoms with E-state index in [-0.39, 0.29) is 4.87 Å². The molecule has 0 fully saturated rings. The van der Waals surface area contributed by atoms with Gasteiger partial charge in [0.1, 0.15) is 0 Å². The van der Waals surface area contributed by atoms with E-state index in [2.05, 4.69) is 38.2 Å². The van der Waals surface area contributed by atoms with E-state index in [0.29, 0.717) is 0 Å². The van der Waals surface area contributed by atoms with E-state index < -0.39 is 0 Å². The van der Waals surface area contributed by atoms with Gasteiger partial charge in [-0.05, 0) is 45.7 Å². The van der Waals surface area contributed by atoms with Gasteiger partial charge in [-0.3, -0.25) is 0 Å². The van der Waals surface area contributed by atoms with Crippen LogP contribution in [0.1, 0.15) is 30.5 Å². The largest absolute Gasteiger partial charge is 0.383 e. The molecule has 0 amide bonds. The van der Waals surface area contributed by atoms with Crippen molar-refractivity contribution in [1.82, 2.24) is 0 Å². The lowest BCUT2D eigenvalue weighted by molar-refractivity contribution is 0.735. The van der Waals surface area contributed by atoms with Crippen molar-refractivity contribution in [2.75, 3.05) is 11.9 Å². The lowest BCUT2D eigenvalue weighted by atomic mass is 10.0. The number of anilines is 1. The fraction of sp³-hybridized carbons (Fsp3) is 0.538. The van der Waals surface area contributed by atoms with Gasteiger partial charge < -0.3 is 5.32 Å². The third-order valence-electron chi connectivity index (χ3n) is 2.36. The second-order valence-corrected chi connectivity index (χ2v) is 5.87. The number of nitrogens with one attached hydrogen (secondary N) is 1. The van der Waals surface area contributed by atoms with Crippen molar-refractivity contribution in [3.8, 4) is 0 Å². The van der Waals surface area contributed by atoms with Crippen molar-refractivity contribution in [1.29, 1.82) is 0 Å². The summed E-state index contributed by atoms with van der Waals surface area (Å²) in [6, 6.07) is 4.38. The molecule has 0 radical (unpaired) electrons. The first kappa shape index (κ1) is 12.4. The van der Waals surface area contributed by atoms with Crippen LogP contribution in [0.15, 0.2) is 12.1 Å². The Bertz CT molecular complexity index is 327. The molecule has 1 aromatic carbocycles. The summed E-state index contributed by atoms with van der Waals surface area (Å²) in [6.07, 6.45) is 0. The molecule has 0 aliphatic rings. The lowest BCUT2D eigenvalue weighted by Gasteiger charge is -2.20. The van der Waals surface area contributed by atoms with Gasteiger partial charge in [0.2, 0.25) is 0 Å². The molecule has 0 heterocycles. The minimum absolute atomic E-state index is 0.205. The van der Waals surface area contributed by atoms with Gasteiger partial charge in [-0.15, -0.1) is 11.6 Å². The van der Waals surface area contributed by atoms with Crippen LogP contribution in [0.4, 0.5) is 5.69 Å². The maximum Gasteiger partial charge on any atom is 0.0562 e. The predicted octanol–water partition coefficient (Wildman–Crippen LogP) is 4.04. The molecule has 0 spiro atoms. The lowest BCUT2D eigenvalue weighted by Crippen LogP contribution is -2.23. The topological polar surface area (TPSA) is 12.0 Å². The smallest absolute Gasteiger partial charge is 0.0562 e. The van der Waals surface area contributed by atoms with Crippen LogP contribution in [0.2, 0.25) is 0 Å². The van der Waals surface area contributed by atoms with Gasteiger partial charge in [0.05, 0.1) is 4.87 Å². The molecule has 84 valence electrons. The number of hydrogen-bond acceptors (Lipinski definition) is 1. The Morgan fingerprint density at radius 1 is 1.13 bits per heavy atom. The van der Waals surface area contributed by atoms with Crippen LogP contribution in [0.25, 0.3) is 0 Å².